The van der Waals surface area contributed by atoms with Crippen LogP contribution in [0, 0.1) is 23.7 Å². The number of guanidine groups is 1. The number of nitrogens with zero attached hydrogens (tertiary/aromatic N) is 2. The summed E-state index contributed by atoms with van der Waals surface area (Å²) in [5, 5.41) is 2.98. The Labute approximate surface area is 154 Å². The van der Waals surface area contributed by atoms with Gasteiger partial charge in [0.05, 0.1) is 11.8 Å². The number of amides is 2. The molecule has 0 radical (unpaired) electrons. The van der Waals surface area contributed by atoms with Gasteiger partial charge in [-0.15, -0.1) is 24.0 Å². The zero-order valence-electron chi connectivity index (χ0n) is 13.4. The number of unbranched alkanes of at least 4 members (excludes halogenated alkanes) is 1. The molecule has 7 heteroatoms. The average molecular weight is 432 g/mol. The van der Waals surface area contributed by atoms with E-state index in [9.17, 15) is 9.59 Å². The van der Waals surface area contributed by atoms with Crippen LogP contribution >= 0.6 is 24.0 Å². The highest BCUT2D eigenvalue weighted by molar-refractivity contribution is 14.0. The van der Waals surface area contributed by atoms with Crippen LogP contribution in [0.15, 0.2) is 17.1 Å². The van der Waals surface area contributed by atoms with Crippen LogP contribution in [0.5, 0.6) is 0 Å². The van der Waals surface area contributed by atoms with E-state index in [0.29, 0.717) is 25.6 Å². The number of rotatable bonds is 6. The van der Waals surface area contributed by atoms with E-state index in [1.54, 1.807) is 0 Å². The molecule has 4 atom stereocenters. The van der Waals surface area contributed by atoms with Crippen molar-refractivity contribution < 1.29 is 9.59 Å². The number of allylic oxidation sites excluding steroid dienone is 2. The second-order valence-electron chi connectivity index (χ2n) is 6.38. The highest BCUT2D eigenvalue weighted by atomic mass is 127. The van der Waals surface area contributed by atoms with Crippen molar-refractivity contribution in [3.63, 3.8) is 0 Å². The monoisotopic (exact) mass is 432 g/mol. The van der Waals surface area contributed by atoms with Gasteiger partial charge in [-0.05, 0) is 24.7 Å². The van der Waals surface area contributed by atoms with Crippen LogP contribution in [-0.4, -0.2) is 42.3 Å². The standard InChI is InChI=1S/C16H24N4O2.HI/c1-2-3-6-18-16(17)19-7-8-20-14(21)12-10-4-5-11(9-10)13(12)15(20)22;/h4-5,10-13H,2-3,6-9H2,1H3,(H3,17,18,19);1H. The van der Waals surface area contributed by atoms with Gasteiger partial charge in [0, 0.05) is 19.6 Å². The largest absolute Gasteiger partial charge is 0.370 e. The van der Waals surface area contributed by atoms with Crippen LogP contribution in [0.1, 0.15) is 26.2 Å². The lowest BCUT2D eigenvalue weighted by molar-refractivity contribution is -0.140. The summed E-state index contributed by atoms with van der Waals surface area (Å²) in [5.74, 6) is 0.686. The van der Waals surface area contributed by atoms with Gasteiger partial charge < -0.3 is 11.1 Å². The van der Waals surface area contributed by atoms with E-state index >= 15 is 0 Å². The van der Waals surface area contributed by atoms with E-state index in [1.807, 2.05) is 0 Å². The summed E-state index contributed by atoms with van der Waals surface area (Å²) in [5.41, 5.74) is 5.76. The minimum Gasteiger partial charge on any atom is -0.370 e. The molecular formula is C16H25IN4O2. The van der Waals surface area contributed by atoms with Gasteiger partial charge in [0.15, 0.2) is 5.96 Å². The number of nitrogens with two attached hydrogens (primary N) is 1. The fourth-order valence-electron chi connectivity index (χ4n) is 3.89. The SMILES string of the molecule is CCCCN=C(N)NCCN1C(=O)C2C3C=CC(C3)C2C1=O.I. The Morgan fingerprint density at radius 1 is 1.30 bits per heavy atom. The summed E-state index contributed by atoms with van der Waals surface area (Å²) in [4.78, 5) is 30.5. The van der Waals surface area contributed by atoms with Crippen molar-refractivity contribution >= 4 is 41.8 Å². The van der Waals surface area contributed by atoms with E-state index < -0.39 is 0 Å². The molecule has 2 bridgehead atoms. The van der Waals surface area contributed by atoms with Gasteiger partial charge in [-0.1, -0.05) is 25.5 Å². The number of hydrogen-bond acceptors (Lipinski definition) is 3. The number of hydrogen-bond donors (Lipinski definition) is 2. The number of fused-ring (bicyclic) bond motifs is 5. The first-order valence-electron chi connectivity index (χ1n) is 8.20. The van der Waals surface area contributed by atoms with Crippen LogP contribution in [0.2, 0.25) is 0 Å². The molecule has 6 nitrogen and oxygen atoms in total. The van der Waals surface area contributed by atoms with Crippen molar-refractivity contribution in [2.24, 2.45) is 34.4 Å². The second-order valence-corrected chi connectivity index (χ2v) is 6.38. The molecule has 1 saturated carbocycles. The quantitative estimate of drug-likeness (QED) is 0.165. The normalized spacial score (nSPS) is 31.5. The van der Waals surface area contributed by atoms with Crippen molar-refractivity contribution in [2.45, 2.75) is 26.2 Å². The smallest absolute Gasteiger partial charge is 0.233 e. The van der Waals surface area contributed by atoms with Gasteiger partial charge in [0.1, 0.15) is 0 Å². The number of carbonyl (C=O) groups excluding carboxylic acids is 2. The van der Waals surface area contributed by atoms with Crippen molar-refractivity contribution in [1.82, 2.24) is 10.2 Å². The molecule has 1 heterocycles. The molecule has 0 spiro atoms. The predicted molar refractivity (Wildman–Crippen MR) is 99.3 cm³/mol. The lowest BCUT2D eigenvalue weighted by atomic mass is 9.85. The molecule has 2 amide bonds. The maximum absolute atomic E-state index is 12.5. The van der Waals surface area contributed by atoms with Gasteiger partial charge in [0.2, 0.25) is 11.8 Å². The minimum atomic E-state index is -0.113. The van der Waals surface area contributed by atoms with E-state index in [2.05, 4.69) is 29.4 Å². The van der Waals surface area contributed by atoms with Crippen LogP contribution < -0.4 is 11.1 Å². The minimum absolute atomic E-state index is 0. The third-order valence-electron chi connectivity index (χ3n) is 5.00. The first-order chi connectivity index (χ1) is 10.6. The highest BCUT2D eigenvalue weighted by Gasteiger charge is 2.58. The van der Waals surface area contributed by atoms with Gasteiger partial charge >= 0.3 is 0 Å². The Morgan fingerprint density at radius 2 is 1.91 bits per heavy atom. The van der Waals surface area contributed by atoms with Crippen molar-refractivity contribution in [2.75, 3.05) is 19.6 Å². The fraction of sp³-hybridized carbons (Fsp3) is 0.688. The molecule has 3 rings (SSSR count). The second kappa shape index (κ2) is 7.63. The summed E-state index contributed by atoms with van der Waals surface area (Å²) in [6.45, 7) is 3.63. The van der Waals surface area contributed by atoms with Crippen LogP contribution in [0.4, 0.5) is 0 Å². The fourth-order valence-corrected chi connectivity index (χ4v) is 3.89. The lowest BCUT2D eigenvalue weighted by Gasteiger charge is -2.17. The number of likely N-dealkylation sites (tertiary alicyclic amines) is 1. The zero-order valence-corrected chi connectivity index (χ0v) is 15.7. The maximum atomic E-state index is 12.5. The summed E-state index contributed by atoms with van der Waals surface area (Å²) >= 11 is 0. The van der Waals surface area contributed by atoms with Gasteiger partial charge in [-0.3, -0.25) is 19.5 Å². The molecular weight excluding hydrogens is 407 g/mol. The summed E-state index contributed by atoms with van der Waals surface area (Å²) in [6, 6.07) is 0. The lowest BCUT2D eigenvalue weighted by Crippen LogP contribution is -2.41. The van der Waals surface area contributed by atoms with Crippen molar-refractivity contribution in [3.8, 4) is 0 Å². The molecule has 23 heavy (non-hydrogen) atoms. The number of halogens is 1. The predicted octanol–water partition coefficient (Wildman–Crippen LogP) is 1.12. The summed E-state index contributed by atoms with van der Waals surface area (Å²) < 4.78 is 0. The molecule has 0 aromatic heterocycles. The molecule has 128 valence electrons. The number of nitrogens with one attached hydrogen (secondary N) is 1. The Bertz CT molecular complexity index is 504. The van der Waals surface area contributed by atoms with Gasteiger partial charge in [-0.2, -0.15) is 0 Å². The number of carbonyl (C=O) groups is 2. The molecule has 4 unspecified atom stereocenters. The molecule has 0 aromatic rings. The number of imide groups is 1. The number of aliphatic imine (C=N–C) groups is 1. The Balaban J connectivity index is 0.00000192. The Morgan fingerprint density at radius 3 is 2.48 bits per heavy atom. The van der Waals surface area contributed by atoms with Gasteiger partial charge in [0.25, 0.3) is 0 Å². The first kappa shape index (κ1) is 18.2. The third-order valence-corrected chi connectivity index (χ3v) is 5.00. The molecule has 0 aromatic carbocycles. The topological polar surface area (TPSA) is 87.8 Å². The molecule has 2 aliphatic carbocycles. The Kier molecular flexibility index (Phi) is 6.05. The average Bonchev–Trinajstić information content (AvgIpc) is 3.16. The molecule has 2 fully saturated rings. The highest BCUT2D eigenvalue weighted by Crippen LogP contribution is 2.52. The summed E-state index contributed by atoms with van der Waals surface area (Å²) in [7, 11) is 0. The van der Waals surface area contributed by atoms with Crippen LogP contribution in [-0.2, 0) is 9.59 Å². The van der Waals surface area contributed by atoms with E-state index in [4.69, 9.17) is 5.73 Å². The maximum Gasteiger partial charge on any atom is 0.233 e. The van der Waals surface area contributed by atoms with E-state index in [1.165, 1.54) is 4.90 Å². The summed E-state index contributed by atoms with van der Waals surface area (Å²) in [6.07, 6.45) is 7.27. The molecule has 1 saturated heterocycles. The molecule has 1 aliphatic heterocycles. The van der Waals surface area contributed by atoms with Crippen molar-refractivity contribution in [3.05, 3.63) is 12.2 Å². The molecule has 3 N–H and O–H groups in total. The van der Waals surface area contributed by atoms with Crippen LogP contribution in [0.25, 0.3) is 0 Å². The molecule has 3 aliphatic rings. The zero-order chi connectivity index (χ0) is 15.7. The van der Waals surface area contributed by atoms with Gasteiger partial charge in [-0.25, -0.2) is 0 Å². The Hall–Kier alpha value is -1.12. The van der Waals surface area contributed by atoms with E-state index in [-0.39, 0.29) is 59.5 Å². The van der Waals surface area contributed by atoms with E-state index in [0.717, 1.165) is 19.3 Å². The van der Waals surface area contributed by atoms with Crippen molar-refractivity contribution in [1.29, 1.82) is 0 Å². The third kappa shape index (κ3) is 3.39. The van der Waals surface area contributed by atoms with Crippen LogP contribution in [0.3, 0.4) is 0 Å². The first-order valence-corrected chi connectivity index (χ1v) is 8.20.